The minimum absolute atomic E-state index is 0.151. The Morgan fingerprint density at radius 3 is 2.38 bits per heavy atom. The molecule has 0 bridgehead atoms. The molecule has 0 saturated carbocycles. The number of hydrogen-bond acceptors (Lipinski definition) is 6. The van der Waals surface area contributed by atoms with Crippen molar-refractivity contribution in [3.05, 3.63) is 28.8 Å². The number of methoxy groups -OCH3 is 1. The molecule has 0 fully saturated rings. The molecule has 0 spiro atoms. The number of carbonyl (C=O) groups is 3. The van der Waals surface area contributed by atoms with E-state index in [1.54, 1.807) is 6.07 Å². The molecule has 0 aromatic heterocycles. The molecule has 1 aromatic rings. The molecular formula is C18H25ClN2O5. The second-order valence-corrected chi connectivity index (χ2v) is 7.21. The monoisotopic (exact) mass is 384 g/mol. The van der Waals surface area contributed by atoms with E-state index in [0.717, 1.165) is 0 Å². The Morgan fingerprint density at radius 2 is 1.85 bits per heavy atom. The third-order valence-corrected chi connectivity index (χ3v) is 4.66. The predicted octanol–water partition coefficient (Wildman–Crippen LogP) is 1.81. The van der Waals surface area contributed by atoms with Crippen molar-refractivity contribution in [1.29, 1.82) is 0 Å². The Balaban J connectivity index is 2.93. The molecule has 0 heterocycles. The van der Waals surface area contributed by atoms with E-state index < -0.39 is 41.1 Å². The Morgan fingerprint density at radius 1 is 1.27 bits per heavy atom. The summed E-state index contributed by atoms with van der Waals surface area (Å²) in [5.74, 6) is -2.51. The lowest BCUT2D eigenvalue weighted by atomic mass is 9.74. The highest BCUT2D eigenvalue weighted by Crippen LogP contribution is 2.29. The van der Waals surface area contributed by atoms with Gasteiger partial charge in [0, 0.05) is 10.7 Å². The molecule has 1 amide bonds. The molecule has 0 radical (unpaired) electrons. The second kappa shape index (κ2) is 8.51. The summed E-state index contributed by atoms with van der Waals surface area (Å²) in [7, 11) is 1.21. The largest absolute Gasteiger partial charge is 0.469 e. The molecule has 1 rings (SSSR count). The third kappa shape index (κ3) is 4.74. The van der Waals surface area contributed by atoms with E-state index in [1.165, 1.54) is 46.9 Å². The minimum atomic E-state index is -1.29. The molecule has 144 valence electrons. The van der Waals surface area contributed by atoms with Crippen molar-refractivity contribution in [3.63, 3.8) is 0 Å². The number of anilines is 1. The van der Waals surface area contributed by atoms with Gasteiger partial charge in [0.1, 0.15) is 0 Å². The van der Waals surface area contributed by atoms with Crippen LogP contribution in [0.15, 0.2) is 18.2 Å². The molecule has 3 unspecified atom stereocenters. The number of aliphatic hydroxyl groups excluding tert-OH is 1. The Labute approximate surface area is 157 Å². The SMILES string of the molecule is COC(=O)C(C)C(O)C(C)(C)C(=O)C(C)NC(=O)c1cc(Cl)ccc1N. The van der Waals surface area contributed by atoms with Gasteiger partial charge in [-0.15, -0.1) is 0 Å². The summed E-state index contributed by atoms with van der Waals surface area (Å²) in [6.45, 7) is 5.99. The molecule has 0 aliphatic carbocycles. The first-order valence-corrected chi connectivity index (χ1v) is 8.47. The van der Waals surface area contributed by atoms with Crippen molar-refractivity contribution in [3.8, 4) is 0 Å². The number of nitrogen functional groups attached to an aromatic ring is 1. The van der Waals surface area contributed by atoms with E-state index in [-0.39, 0.29) is 11.3 Å². The molecule has 0 saturated heterocycles. The third-order valence-electron chi connectivity index (χ3n) is 4.42. The van der Waals surface area contributed by atoms with Crippen LogP contribution in [0.2, 0.25) is 5.02 Å². The van der Waals surface area contributed by atoms with Crippen LogP contribution < -0.4 is 11.1 Å². The Hall–Kier alpha value is -2.12. The van der Waals surface area contributed by atoms with Gasteiger partial charge in [-0.05, 0) is 32.0 Å². The van der Waals surface area contributed by atoms with E-state index >= 15 is 0 Å². The van der Waals surface area contributed by atoms with Crippen LogP contribution in [0.5, 0.6) is 0 Å². The average molecular weight is 385 g/mol. The number of nitrogens with one attached hydrogen (secondary N) is 1. The van der Waals surface area contributed by atoms with E-state index in [1.807, 2.05) is 0 Å². The van der Waals surface area contributed by atoms with Gasteiger partial charge < -0.3 is 20.9 Å². The fourth-order valence-corrected chi connectivity index (χ4v) is 2.88. The lowest BCUT2D eigenvalue weighted by Crippen LogP contribution is -2.51. The number of hydrogen-bond donors (Lipinski definition) is 3. The van der Waals surface area contributed by atoms with Gasteiger partial charge in [-0.3, -0.25) is 14.4 Å². The number of carbonyl (C=O) groups excluding carboxylic acids is 3. The Bertz CT molecular complexity index is 705. The molecule has 1 aromatic carbocycles. The highest BCUT2D eigenvalue weighted by molar-refractivity contribution is 6.31. The zero-order chi connectivity index (χ0) is 20.2. The topological polar surface area (TPSA) is 119 Å². The predicted molar refractivity (Wildman–Crippen MR) is 98.8 cm³/mol. The first-order valence-electron chi connectivity index (χ1n) is 8.09. The van der Waals surface area contributed by atoms with Crippen LogP contribution in [0.4, 0.5) is 5.69 Å². The van der Waals surface area contributed by atoms with Gasteiger partial charge in [0.25, 0.3) is 5.91 Å². The number of nitrogens with two attached hydrogens (primary N) is 1. The molecular weight excluding hydrogens is 360 g/mol. The standard InChI is InChI=1S/C18H25ClN2O5/c1-9(17(25)26-5)14(22)18(3,4)15(23)10(2)21-16(24)12-8-11(19)6-7-13(12)20/h6-10,14,22H,20H2,1-5H3,(H,21,24). The number of halogens is 1. The van der Waals surface area contributed by atoms with E-state index in [2.05, 4.69) is 10.1 Å². The lowest BCUT2D eigenvalue weighted by molar-refractivity contribution is -0.154. The molecule has 4 N–H and O–H groups in total. The maximum Gasteiger partial charge on any atom is 0.311 e. The fourth-order valence-electron chi connectivity index (χ4n) is 2.71. The van der Waals surface area contributed by atoms with Gasteiger partial charge in [0.15, 0.2) is 5.78 Å². The molecule has 8 heteroatoms. The maximum absolute atomic E-state index is 12.8. The highest BCUT2D eigenvalue weighted by Gasteiger charge is 2.43. The van der Waals surface area contributed by atoms with Gasteiger partial charge in [0.05, 0.1) is 36.2 Å². The van der Waals surface area contributed by atoms with Crippen LogP contribution >= 0.6 is 11.6 Å². The number of esters is 1. The lowest BCUT2D eigenvalue weighted by Gasteiger charge is -2.34. The summed E-state index contributed by atoms with van der Waals surface area (Å²) in [6.07, 6.45) is -1.28. The molecule has 0 aliphatic rings. The molecule has 0 aliphatic heterocycles. The quantitative estimate of drug-likeness (QED) is 0.487. The number of ketones is 1. The van der Waals surface area contributed by atoms with Crippen molar-refractivity contribution >= 4 is 34.9 Å². The van der Waals surface area contributed by atoms with Crippen LogP contribution in [0.1, 0.15) is 38.1 Å². The number of ether oxygens (including phenoxy) is 1. The van der Waals surface area contributed by atoms with Crippen LogP contribution in [0.3, 0.4) is 0 Å². The number of rotatable bonds is 7. The van der Waals surface area contributed by atoms with Crippen LogP contribution in [-0.2, 0) is 14.3 Å². The zero-order valence-corrected chi connectivity index (χ0v) is 16.3. The fraction of sp³-hybridized carbons (Fsp3) is 0.500. The van der Waals surface area contributed by atoms with Crippen molar-refractivity contribution in [2.45, 2.75) is 39.8 Å². The highest BCUT2D eigenvalue weighted by atomic mass is 35.5. The van der Waals surface area contributed by atoms with Crippen molar-refractivity contribution in [1.82, 2.24) is 5.32 Å². The molecule has 3 atom stereocenters. The van der Waals surface area contributed by atoms with Crippen molar-refractivity contribution < 1.29 is 24.2 Å². The summed E-state index contributed by atoms with van der Waals surface area (Å²) in [5, 5.41) is 13.3. The Kier molecular flexibility index (Phi) is 7.17. The molecule has 26 heavy (non-hydrogen) atoms. The normalized spacial score (nSPS) is 14.9. The summed E-state index contributed by atoms with van der Waals surface area (Å²) in [4.78, 5) is 36.8. The first-order chi connectivity index (χ1) is 11.9. The van der Waals surface area contributed by atoms with Gasteiger partial charge in [-0.2, -0.15) is 0 Å². The van der Waals surface area contributed by atoms with Gasteiger partial charge in [-0.1, -0.05) is 25.4 Å². The van der Waals surface area contributed by atoms with Gasteiger partial charge in [-0.25, -0.2) is 0 Å². The number of Topliss-reactive ketones (excluding diaryl/α,β-unsaturated/α-hetero) is 1. The summed E-state index contributed by atoms with van der Waals surface area (Å²) >= 11 is 5.87. The number of benzene rings is 1. The van der Waals surface area contributed by atoms with Gasteiger partial charge >= 0.3 is 5.97 Å². The van der Waals surface area contributed by atoms with Crippen LogP contribution in [0, 0.1) is 11.3 Å². The van der Waals surface area contributed by atoms with E-state index in [0.29, 0.717) is 5.02 Å². The second-order valence-electron chi connectivity index (χ2n) is 6.77. The first kappa shape index (κ1) is 21.9. The van der Waals surface area contributed by atoms with E-state index in [4.69, 9.17) is 17.3 Å². The smallest absolute Gasteiger partial charge is 0.311 e. The van der Waals surface area contributed by atoms with Crippen molar-refractivity contribution in [2.24, 2.45) is 11.3 Å². The summed E-state index contributed by atoms with van der Waals surface area (Å²) < 4.78 is 4.61. The maximum atomic E-state index is 12.8. The number of aliphatic hydroxyl groups is 1. The minimum Gasteiger partial charge on any atom is -0.469 e. The van der Waals surface area contributed by atoms with Crippen molar-refractivity contribution in [2.75, 3.05) is 12.8 Å². The summed E-state index contributed by atoms with van der Waals surface area (Å²) in [5.41, 5.74) is 4.86. The average Bonchev–Trinajstić information content (AvgIpc) is 2.60. The number of amides is 1. The van der Waals surface area contributed by atoms with Crippen LogP contribution in [-0.4, -0.2) is 42.0 Å². The molecule has 7 nitrogen and oxygen atoms in total. The zero-order valence-electron chi connectivity index (χ0n) is 15.5. The van der Waals surface area contributed by atoms with E-state index in [9.17, 15) is 19.5 Å². The summed E-state index contributed by atoms with van der Waals surface area (Å²) in [6, 6.07) is 3.53. The van der Waals surface area contributed by atoms with Gasteiger partial charge in [0.2, 0.25) is 0 Å². The van der Waals surface area contributed by atoms with Crippen LogP contribution in [0.25, 0.3) is 0 Å².